The van der Waals surface area contributed by atoms with Crippen molar-refractivity contribution in [2.24, 2.45) is 0 Å². The molecule has 2 saturated heterocycles. The van der Waals surface area contributed by atoms with E-state index in [1.54, 1.807) is 24.0 Å². The number of imide groups is 1. The minimum Gasteiger partial charge on any atom is -0.458 e. The second kappa shape index (κ2) is 6.81. The minimum absolute atomic E-state index is 0.0201. The highest BCUT2D eigenvalue weighted by Crippen LogP contribution is 2.35. The number of nitrogens with zero attached hydrogens (tertiary/aromatic N) is 2. The van der Waals surface area contributed by atoms with Gasteiger partial charge in [0, 0.05) is 17.5 Å². The van der Waals surface area contributed by atoms with Crippen LogP contribution in [0.3, 0.4) is 0 Å². The van der Waals surface area contributed by atoms with E-state index >= 15 is 0 Å². The molecule has 0 unspecified atom stereocenters. The van der Waals surface area contributed by atoms with Gasteiger partial charge in [0.25, 0.3) is 5.91 Å². The van der Waals surface area contributed by atoms with Gasteiger partial charge in [0.2, 0.25) is 5.91 Å². The molecule has 2 atom stereocenters. The van der Waals surface area contributed by atoms with Crippen molar-refractivity contribution in [3.8, 4) is 0 Å². The zero-order chi connectivity index (χ0) is 22.0. The molecule has 1 aromatic carbocycles. The van der Waals surface area contributed by atoms with Crippen LogP contribution in [0.1, 0.15) is 31.9 Å². The van der Waals surface area contributed by atoms with Crippen LogP contribution in [0.15, 0.2) is 34.7 Å². The number of furan rings is 1. The quantitative estimate of drug-likeness (QED) is 0.695. The molecule has 2 aliphatic heterocycles. The minimum atomic E-state index is -3.16. The Balaban J connectivity index is 1.37. The Kier molecular flexibility index (Phi) is 4.40. The predicted octanol–water partition coefficient (Wildman–Crippen LogP) is 1.38. The van der Waals surface area contributed by atoms with Gasteiger partial charge >= 0.3 is 6.03 Å². The van der Waals surface area contributed by atoms with Crippen LogP contribution in [0.2, 0.25) is 0 Å². The third-order valence-corrected chi connectivity index (χ3v) is 8.07. The SMILES string of the molecule is C[C@@]1(c2cc3ccccc3o2)NC(=O)N(CC(=O)N(C2CC2)[C@@H]2CCS(=O)(=O)C2)C1=O. The molecular weight excluding hydrogens is 422 g/mol. The Morgan fingerprint density at radius 1 is 1.23 bits per heavy atom. The normalized spacial score (nSPS) is 27.6. The summed E-state index contributed by atoms with van der Waals surface area (Å²) in [5.74, 6) is -0.683. The fraction of sp³-hybridized carbons (Fsp3) is 0.476. The molecule has 5 rings (SSSR count). The van der Waals surface area contributed by atoms with E-state index in [0.29, 0.717) is 17.8 Å². The molecule has 1 N–H and O–H groups in total. The van der Waals surface area contributed by atoms with Crippen molar-refractivity contribution < 1.29 is 27.2 Å². The molecule has 3 fully saturated rings. The Hall–Kier alpha value is -2.88. The van der Waals surface area contributed by atoms with Gasteiger partial charge in [0.05, 0.1) is 11.5 Å². The summed E-state index contributed by atoms with van der Waals surface area (Å²) in [6, 6.07) is 7.90. The summed E-state index contributed by atoms with van der Waals surface area (Å²) < 4.78 is 29.6. The maximum absolute atomic E-state index is 13.2. The van der Waals surface area contributed by atoms with Crippen LogP contribution in [0, 0.1) is 0 Å². The van der Waals surface area contributed by atoms with Gasteiger partial charge in [-0.3, -0.25) is 14.5 Å². The average molecular weight is 445 g/mol. The molecular formula is C21H23N3O6S. The number of amides is 4. The van der Waals surface area contributed by atoms with Crippen LogP contribution in [0.25, 0.3) is 11.0 Å². The summed E-state index contributed by atoms with van der Waals surface area (Å²) in [5.41, 5.74) is -0.824. The van der Waals surface area contributed by atoms with Crippen LogP contribution in [0.5, 0.6) is 0 Å². The van der Waals surface area contributed by atoms with Crippen molar-refractivity contribution in [3.05, 3.63) is 36.1 Å². The molecule has 1 aliphatic carbocycles. The van der Waals surface area contributed by atoms with Crippen molar-refractivity contribution in [1.29, 1.82) is 0 Å². The topological polar surface area (TPSA) is 117 Å². The first-order valence-corrected chi connectivity index (χ1v) is 12.1. The van der Waals surface area contributed by atoms with E-state index < -0.39 is 45.8 Å². The number of rotatable bonds is 5. The van der Waals surface area contributed by atoms with E-state index in [-0.39, 0.29) is 17.5 Å². The Morgan fingerprint density at radius 2 is 1.97 bits per heavy atom. The van der Waals surface area contributed by atoms with E-state index in [4.69, 9.17) is 4.42 Å². The lowest BCUT2D eigenvalue weighted by molar-refractivity contribution is -0.140. The van der Waals surface area contributed by atoms with E-state index in [0.717, 1.165) is 23.1 Å². The standard InChI is InChI=1S/C21H23N3O6S/c1-21(17-10-13-4-2-3-5-16(13)30-17)19(26)23(20(27)22-21)11-18(25)24(14-6-7-14)15-8-9-31(28,29)12-15/h2-5,10,14-15H,6-9,11-12H2,1H3,(H,22,27)/t15-,21+/m1/s1. The number of benzene rings is 1. The van der Waals surface area contributed by atoms with Crippen molar-refractivity contribution >= 4 is 38.7 Å². The lowest BCUT2D eigenvalue weighted by Crippen LogP contribution is -2.49. The molecule has 9 nitrogen and oxygen atoms in total. The van der Waals surface area contributed by atoms with Gasteiger partial charge < -0.3 is 14.6 Å². The maximum Gasteiger partial charge on any atom is 0.325 e. The number of sulfone groups is 1. The van der Waals surface area contributed by atoms with Gasteiger partial charge in [-0.25, -0.2) is 13.2 Å². The van der Waals surface area contributed by atoms with Crippen LogP contribution in [0.4, 0.5) is 4.79 Å². The van der Waals surface area contributed by atoms with Crippen molar-refractivity contribution in [2.75, 3.05) is 18.1 Å². The first-order chi connectivity index (χ1) is 14.7. The van der Waals surface area contributed by atoms with Gasteiger partial charge in [-0.15, -0.1) is 0 Å². The van der Waals surface area contributed by atoms with E-state index in [1.807, 2.05) is 18.2 Å². The molecule has 1 saturated carbocycles. The predicted molar refractivity (Wildman–Crippen MR) is 111 cm³/mol. The molecule has 0 bridgehead atoms. The summed E-state index contributed by atoms with van der Waals surface area (Å²) in [5, 5.41) is 3.46. The summed E-state index contributed by atoms with van der Waals surface area (Å²) in [4.78, 5) is 41.4. The van der Waals surface area contributed by atoms with Crippen molar-refractivity contribution in [3.63, 3.8) is 0 Å². The molecule has 3 aliphatic rings. The second-order valence-corrected chi connectivity index (χ2v) is 10.9. The number of para-hydroxylation sites is 1. The fourth-order valence-electron chi connectivity index (χ4n) is 4.51. The number of carbonyl (C=O) groups is 3. The first kappa shape index (κ1) is 20.0. The summed E-state index contributed by atoms with van der Waals surface area (Å²) in [6.07, 6.45) is 2.00. The molecule has 4 amide bonds. The van der Waals surface area contributed by atoms with Crippen LogP contribution < -0.4 is 5.32 Å². The highest BCUT2D eigenvalue weighted by Gasteiger charge is 2.53. The summed E-state index contributed by atoms with van der Waals surface area (Å²) in [7, 11) is -3.16. The summed E-state index contributed by atoms with van der Waals surface area (Å²) in [6.45, 7) is 1.13. The first-order valence-electron chi connectivity index (χ1n) is 10.3. The van der Waals surface area contributed by atoms with Crippen LogP contribution >= 0.6 is 0 Å². The highest BCUT2D eigenvalue weighted by atomic mass is 32.2. The molecule has 3 heterocycles. The van der Waals surface area contributed by atoms with Crippen LogP contribution in [-0.4, -0.2) is 66.2 Å². The number of fused-ring (bicyclic) bond motifs is 1. The zero-order valence-electron chi connectivity index (χ0n) is 17.0. The second-order valence-electron chi connectivity index (χ2n) is 8.68. The molecule has 10 heteroatoms. The van der Waals surface area contributed by atoms with Crippen molar-refractivity contribution in [2.45, 2.75) is 43.8 Å². The third kappa shape index (κ3) is 3.38. The van der Waals surface area contributed by atoms with Gasteiger partial charge in [-0.2, -0.15) is 0 Å². The van der Waals surface area contributed by atoms with Gasteiger partial charge in [0.15, 0.2) is 15.4 Å². The van der Waals surface area contributed by atoms with Gasteiger partial charge in [-0.05, 0) is 38.3 Å². The van der Waals surface area contributed by atoms with E-state index in [9.17, 15) is 22.8 Å². The highest BCUT2D eigenvalue weighted by molar-refractivity contribution is 7.91. The average Bonchev–Trinajstić information content (AvgIpc) is 3.26. The van der Waals surface area contributed by atoms with Crippen molar-refractivity contribution in [1.82, 2.24) is 15.1 Å². The number of hydrogen-bond donors (Lipinski definition) is 1. The Bertz CT molecular complexity index is 1170. The van der Waals surface area contributed by atoms with Crippen LogP contribution in [-0.2, 0) is 25.0 Å². The largest absolute Gasteiger partial charge is 0.458 e. The van der Waals surface area contributed by atoms with Gasteiger partial charge in [-0.1, -0.05) is 18.2 Å². The smallest absolute Gasteiger partial charge is 0.325 e. The third-order valence-electron chi connectivity index (χ3n) is 6.32. The van der Waals surface area contributed by atoms with Gasteiger partial charge in [0.1, 0.15) is 17.9 Å². The molecule has 1 aromatic heterocycles. The maximum atomic E-state index is 13.2. The van der Waals surface area contributed by atoms with E-state index in [2.05, 4.69) is 5.32 Å². The number of carbonyl (C=O) groups excluding carboxylic acids is 3. The molecule has 0 spiro atoms. The lowest BCUT2D eigenvalue weighted by atomic mass is 9.99. The molecule has 2 aromatic rings. The van der Waals surface area contributed by atoms with E-state index in [1.165, 1.54) is 0 Å². The number of nitrogens with one attached hydrogen (secondary N) is 1. The Labute approximate surface area is 179 Å². The monoisotopic (exact) mass is 445 g/mol. The summed E-state index contributed by atoms with van der Waals surface area (Å²) >= 11 is 0. The molecule has 31 heavy (non-hydrogen) atoms. The number of urea groups is 1. The molecule has 0 radical (unpaired) electrons. The lowest BCUT2D eigenvalue weighted by Gasteiger charge is -2.29. The number of hydrogen-bond acceptors (Lipinski definition) is 6. The fourth-order valence-corrected chi connectivity index (χ4v) is 6.22. The zero-order valence-corrected chi connectivity index (χ0v) is 17.9. The Morgan fingerprint density at radius 3 is 2.61 bits per heavy atom. The molecule has 164 valence electrons.